The van der Waals surface area contributed by atoms with Crippen molar-refractivity contribution < 1.29 is 4.79 Å². The molecule has 1 heterocycles. The van der Waals surface area contributed by atoms with Gasteiger partial charge in [-0.05, 0) is 24.3 Å². The predicted octanol–water partition coefficient (Wildman–Crippen LogP) is 5.20. The zero-order valence-electron chi connectivity index (χ0n) is 11.3. The molecule has 1 aromatic heterocycles. The highest BCUT2D eigenvalue weighted by Crippen LogP contribution is 2.33. The van der Waals surface area contributed by atoms with Gasteiger partial charge in [-0.15, -0.1) is 11.3 Å². The molecule has 3 rings (SSSR count). The third-order valence-corrected chi connectivity index (χ3v) is 5.15. The third kappa shape index (κ3) is 3.68. The maximum Gasteiger partial charge on any atom is 0.256 e. The van der Waals surface area contributed by atoms with Gasteiger partial charge in [-0.1, -0.05) is 53.7 Å². The number of para-hydroxylation sites is 1. The summed E-state index contributed by atoms with van der Waals surface area (Å²) in [5.74, 6) is -0.142. The van der Waals surface area contributed by atoms with Gasteiger partial charge >= 0.3 is 0 Å². The number of carbonyl (C=O) groups excluding carboxylic acids is 1. The summed E-state index contributed by atoms with van der Waals surface area (Å²) in [5, 5.41) is 5.14. The molecule has 0 atom stereocenters. The van der Waals surface area contributed by atoms with E-state index in [2.05, 4.69) is 10.3 Å². The van der Waals surface area contributed by atoms with Crippen LogP contribution in [0.2, 0.25) is 5.15 Å². The molecule has 1 N–H and O–H groups in total. The Morgan fingerprint density at radius 3 is 2.55 bits per heavy atom. The molecule has 0 spiro atoms. The Hall–Kier alpha value is -1.82. The van der Waals surface area contributed by atoms with Crippen molar-refractivity contribution >= 4 is 46.3 Å². The van der Waals surface area contributed by atoms with Gasteiger partial charge < -0.3 is 5.32 Å². The predicted molar refractivity (Wildman–Crippen MR) is 92.1 cm³/mol. The molecule has 0 fully saturated rings. The first-order chi connectivity index (χ1) is 10.7. The second kappa shape index (κ2) is 6.96. The first-order valence-corrected chi connectivity index (χ1v) is 8.54. The summed E-state index contributed by atoms with van der Waals surface area (Å²) in [6.07, 6.45) is 0. The van der Waals surface area contributed by atoms with Crippen LogP contribution in [-0.2, 0) is 0 Å². The second-order valence-electron chi connectivity index (χ2n) is 4.35. The molecule has 0 aliphatic rings. The lowest BCUT2D eigenvalue weighted by molar-refractivity contribution is 0.102. The van der Waals surface area contributed by atoms with Crippen molar-refractivity contribution in [3.05, 3.63) is 70.7 Å². The van der Waals surface area contributed by atoms with Crippen LogP contribution in [0.5, 0.6) is 0 Å². The average molecular weight is 347 g/mol. The lowest BCUT2D eigenvalue weighted by Gasteiger charge is -2.08. The van der Waals surface area contributed by atoms with Gasteiger partial charge in [0.1, 0.15) is 5.15 Å². The molecular weight excluding hydrogens is 336 g/mol. The van der Waals surface area contributed by atoms with Crippen LogP contribution in [0, 0.1) is 0 Å². The molecule has 0 bridgehead atoms. The summed E-state index contributed by atoms with van der Waals surface area (Å²) in [7, 11) is 0. The lowest BCUT2D eigenvalue weighted by atomic mass is 10.2. The van der Waals surface area contributed by atoms with Crippen molar-refractivity contribution in [2.45, 2.75) is 9.24 Å². The number of rotatable bonds is 4. The SMILES string of the molecule is O=C(Nc1ccccc1)c1ccccc1Sc1nc(Cl)cs1. The van der Waals surface area contributed by atoms with E-state index in [4.69, 9.17) is 11.6 Å². The van der Waals surface area contributed by atoms with Crippen molar-refractivity contribution in [1.29, 1.82) is 0 Å². The first-order valence-electron chi connectivity index (χ1n) is 6.47. The lowest BCUT2D eigenvalue weighted by Crippen LogP contribution is -2.12. The topological polar surface area (TPSA) is 42.0 Å². The number of amides is 1. The van der Waals surface area contributed by atoms with Crippen LogP contribution in [-0.4, -0.2) is 10.9 Å². The van der Waals surface area contributed by atoms with Crippen LogP contribution in [0.25, 0.3) is 0 Å². The summed E-state index contributed by atoms with van der Waals surface area (Å²) in [6.45, 7) is 0. The minimum atomic E-state index is -0.142. The van der Waals surface area contributed by atoms with Crippen LogP contribution in [0.4, 0.5) is 5.69 Å². The van der Waals surface area contributed by atoms with E-state index in [-0.39, 0.29) is 5.91 Å². The van der Waals surface area contributed by atoms with Crippen LogP contribution in [0.15, 0.2) is 69.2 Å². The molecule has 1 amide bonds. The van der Waals surface area contributed by atoms with Gasteiger partial charge in [0.05, 0.1) is 5.56 Å². The number of nitrogens with one attached hydrogen (secondary N) is 1. The molecule has 0 saturated carbocycles. The van der Waals surface area contributed by atoms with Crippen LogP contribution in [0.3, 0.4) is 0 Å². The molecule has 2 aromatic carbocycles. The number of benzene rings is 2. The Bertz CT molecular complexity index is 790. The molecule has 0 aliphatic heterocycles. The standard InChI is InChI=1S/C16H11ClN2OS2/c17-14-10-21-16(19-14)22-13-9-5-4-8-12(13)15(20)18-11-6-2-1-3-7-11/h1-10H,(H,18,20). The molecular formula is C16H11ClN2OS2. The molecule has 110 valence electrons. The van der Waals surface area contributed by atoms with Crippen molar-refractivity contribution in [2.24, 2.45) is 0 Å². The van der Waals surface area contributed by atoms with Crippen LogP contribution >= 0.6 is 34.7 Å². The van der Waals surface area contributed by atoms with Crippen LogP contribution in [0.1, 0.15) is 10.4 Å². The number of carbonyl (C=O) groups is 1. The van der Waals surface area contributed by atoms with Gasteiger partial charge in [-0.25, -0.2) is 4.98 Å². The summed E-state index contributed by atoms with van der Waals surface area (Å²) in [4.78, 5) is 17.5. The van der Waals surface area contributed by atoms with Gasteiger partial charge in [0.2, 0.25) is 0 Å². The minimum absolute atomic E-state index is 0.142. The Morgan fingerprint density at radius 1 is 1.09 bits per heavy atom. The van der Waals surface area contributed by atoms with Gasteiger partial charge in [-0.3, -0.25) is 4.79 Å². The quantitative estimate of drug-likeness (QED) is 0.706. The summed E-state index contributed by atoms with van der Waals surface area (Å²) in [6, 6.07) is 16.8. The van der Waals surface area contributed by atoms with E-state index in [1.807, 2.05) is 48.5 Å². The van der Waals surface area contributed by atoms with E-state index in [0.29, 0.717) is 10.7 Å². The van der Waals surface area contributed by atoms with E-state index in [9.17, 15) is 4.79 Å². The van der Waals surface area contributed by atoms with Crippen molar-refractivity contribution in [3.63, 3.8) is 0 Å². The van der Waals surface area contributed by atoms with Gasteiger partial charge in [-0.2, -0.15) is 0 Å². The second-order valence-corrected chi connectivity index (χ2v) is 6.89. The number of nitrogens with zero attached hydrogens (tertiary/aromatic N) is 1. The summed E-state index contributed by atoms with van der Waals surface area (Å²) in [5.41, 5.74) is 1.38. The van der Waals surface area contributed by atoms with Crippen molar-refractivity contribution in [1.82, 2.24) is 4.98 Å². The monoisotopic (exact) mass is 346 g/mol. The molecule has 3 aromatic rings. The molecule has 3 nitrogen and oxygen atoms in total. The fourth-order valence-corrected chi connectivity index (χ4v) is 3.92. The Kier molecular flexibility index (Phi) is 4.77. The smallest absolute Gasteiger partial charge is 0.256 e. The van der Waals surface area contributed by atoms with E-state index < -0.39 is 0 Å². The highest BCUT2D eigenvalue weighted by Gasteiger charge is 2.13. The molecule has 0 aliphatic carbocycles. The minimum Gasteiger partial charge on any atom is -0.322 e. The third-order valence-electron chi connectivity index (χ3n) is 2.82. The zero-order chi connectivity index (χ0) is 15.4. The maximum atomic E-state index is 12.5. The number of hydrogen-bond acceptors (Lipinski definition) is 4. The highest BCUT2D eigenvalue weighted by molar-refractivity contribution is 8.01. The molecule has 22 heavy (non-hydrogen) atoms. The Balaban J connectivity index is 1.83. The number of anilines is 1. The molecule has 0 radical (unpaired) electrons. The fourth-order valence-electron chi connectivity index (χ4n) is 1.84. The summed E-state index contributed by atoms with van der Waals surface area (Å²) >= 11 is 8.74. The van der Waals surface area contributed by atoms with Crippen LogP contribution < -0.4 is 5.32 Å². The van der Waals surface area contributed by atoms with Crippen molar-refractivity contribution in [3.8, 4) is 0 Å². The average Bonchev–Trinajstić information content (AvgIpc) is 2.94. The number of halogens is 1. The largest absolute Gasteiger partial charge is 0.322 e. The van der Waals surface area contributed by atoms with Gasteiger partial charge in [0.25, 0.3) is 5.91 Å². The van der Waals surface area contributed by atoms with E-state index >= 15 is 0 Å². The van der Waals surface area contributed by atoms with E-state index in [0.717, 1.165) is 14.9 Å². The Morgan fingerprint density at radius 2 is 1.82 bits per heavy atom. The number of hydrogen-bond donors (Lipinski definition) is 1. The number of aromatic nitrogens is 1. The first kappa shape index (κ1) is 15.1. The summed E-state index contributed by atoms with van der Waals surface area (Å²) < 4.78 is 0.810. The van der Waals surface area contributed by atoms with E-state index in [1.54, 1.807) is 11.4 Å². The fraction of sp³-hybridized carbons (Fsp3) is 0. The van der Waals surface area contributed by atoms with Crippen molar-refractivity contribution in [2.75, 3.05) is 5.32 Å². The number of thiazole rings is 1. The van der Waals surface area contributed by atoms with Gasteiger partial charge in [0.15, 0.2) is 4.34 Å². The Labute approximate surface area is 141 Å². The molecule has 6 heteroatoms. The van der Waals surface area contributed by atoms with E-state index in [1.165, 1.54) is 23.1 Å². The normalized spacial score (nSPS) is 10.4. The molecule has 0 saturated heterocycles. The van der Waals surface area contributed by atoms with Gasteiger partial charge in [0, 0.05) is 16.0 Å². The zero-order valence-corrected chi connectivity index (χ0v) is 13.7. The maximum absolute atomic E-state index is 12.5. The molecule has 0 unspecified atom stereocenters. The highest BCUT2D eigenvalue weighted by atomic mass is 35.5.